The second-order valence-corrected chi connectivity index (χ2v) is 7.13. The lowest BCUT2D eigenvalue weighted by atomic mass is 10.1. The number of aromatic nitrogens is 2. The van der Waals surface area contributed by atoms with Crippen molar-refractivity contribution in [1.82, 2.24) is 9.55 Å². The van der Waals surface area contributed by atoms with Crippen LogP contribution in [0.5, 0.6) is 0 Å². The summed E-state index contributed by atoms with van der Waals surface area (Å²) in [5.74, 6) is 0.431. The number of phosphoric ester groups is 1. The van der Waals surface area contributed by atoms with E-state index in [1.165, 1.54) is 6.33 Å². The summed E-state index contributed by atoms with van der Waals surface area (Å²) in [5, 5.41) is 19.9. The van der Waals surface area contributed by atoms with Crippen molar-refractivity contribution in [2.45, 2.75) is 24.5 Å². The first-order valence-electron chi connectivity index (χ1n) is 7.35. The minimum absolute atomic E-state index is 0.173. The number of phosphoric acid groups is 1. The van der Waals surface area contributed by atoms with E-state index < -0.39 is 44.5 Å². The summed E-state index contributed by atoms with van der Waals surface area (Å²) >= 11 is 0. The molecule has 1 aromatic rings. The van der Waals surface area contributed by atoms with Crippen molar-refractivity contribution in [3.63, 3.8) is 0 Å². The summed E-state index contributed by atoms with van der Waals surface area (Å²) in [5.41, 5.74) is -0.145. The molecule has 0 spiro atoms. The number of ether oxygens (including phenoxy) is 1. The maximum absolute atomic E-state index is 12.0. The van der Waals surface area contributed by atoms with E-state index in [0.29, 0.717) is 11.5 Å². The standard InChI is InChI=1S/C12H19N4O8P/c1-14-4-13-10(19)7-11(14)16(5-15(7)2)12-8(18)9(6(3-17)23-12)24-25(20,21)22/h4,6,8-9,12,17-18H,3,5H2,1-2H3,(H2,20,21,22)/t6-,8-,9-,12-/m1/s1. The molecule has 0 amide bonds. The third-order valence-corrected chi connectivity index (χ3v) is 4.69. The summed E-state index contributed by atoms with van der Waals surface area (Å²) < 4.78 is 22.8. The number of hydrogen-bond donors (Lipinski definition) is 4. The SMILES string of the molecule is CN1CN([C@@H]2O[C@H](CO)[C@@H](OP(=O)(O)O)[C@H]2O)c2c1c(=O)ncn2C. The van der Waals surface area contributed by atoms with Gasteiger partial charge in [-0.2, -0.15) is 4.98 Å². The first-order chi connectivity index (χ1) is 11.6. The summed E-state index contributed by atoms with van der Waals surface area (Å²) in [6.07, 6.45) is -3.79. The van der Waals surface area contributed by atoms with Gasteiger partial charge in [0.1, 0.15) is 36.1 Å². The highest BCUT2D eigenvalue weighted by molar-refractivity contribution is 7.46. The number of hydrogen-bond acceptors (Lipinski definition) is 9. The zero-order chi connectivity index (χ0) is 18.5. The van der Waals surface area contributed by atoms with Gasteiger partial charge in [-0.05, 0) is 0 Å². The quantitative estimate of drug-likeness (QED) is 0.412. The van der Waals surface area contributed by atoms with Gasteiger partial charge in [0.15, 0.2) is 6.23 Å². The lowest BCUT2D eigenvalue weighted by Gasteiger charge is -2.29. The zero-order valence-corrected chi connectivity index (χ0v) is 14.4. The van der Waals surface area contributed by atoms with Gasteiger partial charge in [0, 0.05) is 14.1 Å². The van der Waals surface area contributed by atoms with Gasteiger partial charge < -0.3 is 39.1 Å². The fourth-order valence-electron chi connectivity index (χ4n) is 3.17. The molecular formula is C12H19N4O8P. The molecule has 13 heteroatoms. The predicted octanol–water partition coefficient (Wildman–Crippen LogP) is -2.45. The van der Waals surface area contributed by atoms with Crippen LogP contribution < -0.4 is 15.4 Å². The van der Waals surface area contributed by atoms with E-state index in [4.69, 9.17) is 14.5 Å². The van der Waals surface area contributed by atoms with Gasteiger partial charge in [0.05, 0.1) is 13.3 Å². The maximum Gasteiger partial charge on any atom is 0.470 e. The highest BCUT2D eigenvalue weighted by Crippen LogP contribution is 2.44. The van der Waals surface area contributed by atoms with E-state index in [1.54, 1.807) is 28.5 Å². The molecule has 3 rings (SSSR count). The summed E-state index contributed by atoms with van der Waals surface area (Å²) in [6, 6.07) is 0. The Labute approximate surface area is 142 Å². The third-order valence-electron chi connectivity index (χ3n) is 4.17. The fraction of sp³-hybridized carbons (Fsp3) is 0.667. The van der Waals surface area contributed by atoms with Gasteiger partial charge in [0.2, 0.25) is 0 Å². The van der Waals surface area contributed by atoms with Crippen molar-refractivity contribution in [1.29, 1.82) is 0 Å². The van der Waals surface area contributed by atoms with Crippen molar-refractivity contribution in [2.75, 3.05) is 30.1 Å². The number of aliphatic hydroxyl groups is 2. The highest BCUT2D eigenvalue weighted by Gasteiger charge is 2.51. The average Bonchev–Trinajstić information content (AvgIpc) is 3.01. The molecule has 25 heavy (non-hydrogen) atoms. The first kappa shape index (κ1) is 18.3. The molecule has 140 valence electrons. The average molecular weight is 378 g/mol. The van der Waals surface area contributed by atoms with Gasteiger partial charge >= 0.3 is 7.82 Å². The molecule has 1 aromatic heterocycles. The van der Waals surface area contributed by atoms with E-state index in [1.807, 2.05) is 0 Å². The number of fused-ring (bicyclic) bond motifs is 1. The predicted molar refractivity (Wildman–Crippen MR) is 83.9 cm³/mol. The van der Waals surface area contributed by atoms with Crippen LogP contribution in [0.25, 0.3) is 0 Å². The first-order valence-corrected chi connectivity index (χ1v) is 8.89. The molecule has 12 nitrogen and oxygen atoms in total. The number of nitrogens with zero attached hydrogens (tertiary/aromatic N) is 4. The van der Waals surface area contributed by atoms with E-state index in [9.17, 15) is 19.6 Å². The Morgan fingerprint density at radius 1 is 1.44 bits per heavy atom. The van der Waals surface area contributed by atoms with Gasteiger partial charge in [0.25, 0.3) is 5.56 Å². The number of aryl methyl sites for hydroxylation is 1. The summed E-state index contributed by atoms with van der Waals surface area (Å²) in [7, 11) is -1.58. The largest absolute Gasteiger partial charge is 0.470 e. The van der Waals surface area contributed by atoms with Crippen molar-refractivity contribution in [3.05, 3.63) is 16.7 Å². The second kappa shape index (κ2) is 6.32. The van der Waals surface area contributed by atoms with Crippen LogP contribution in [0.4, 0.5) is 11.5 Å². The summed E-state index contributed by atoms with van der Waals surface area (Å²) in [6.45, 7) is -0.434. The molecule has 0 radical (unpaired) electrons. The van der Waals surface area contributed by atoms with Crippen LogP contribution in [0.2, 0.25) is 0 Å². The molecule has 1 fully saturated rings. The smallest absolute Gasteiger partial charge is 0.394 e. The molecule has 2 aliphatic rings. The van der Waals surface area contributed by atoms with Crippen LogP contribution >= 0.6 is 7.82 Å². The Morgan fingerprint density at radius 3 is 2.72 bits per heavy atom. The molecule has 2 aliphatic heterocycles. The number of rotatable bonds is 4. The molecule has 0 saturated carbocycles. The van der Waals surface area contributed by atoms with E-state index in [2.05, 4.69) is 9.51 Å². The molecule has 1 saturated heterocycles. The van der Waals surface area contributed by atoms with Crippen LogP contribution in [0.15, 0.2) is 11.1 Å². The molecule has 4 N–H and O–H groups in total. The lowest BCUT2D eigenvalue weighted by Crippen LogP contribution is -2.46. The van der Waals surface area contributed by atoms with Gasteiger partial charge in [-0.3, -0.25) is 9.32 Å². The topological polar surface area (TPSA) is 158 Å². The van der Waals surface area contributed by atoms with Gasteiger partial charge in [-0.15, -0.1) is 0 Å². The van der Waals surface area contributed by atoms with Crippen molar-refractivity contribution < 1.29 is 33.8 Å². The molecule has 4 atom stereocenters. The minimum atomic E-state index is -4.90. The Morgan fingerprint density at radius 2 is 2.12 bits per heavy atom. The van der Waals surface area contributed by atoms with E-state index >= 15 is 0 Å². The Kier molecular flexibility index (Phi) is 4.62. The lowest BCUT2D eigenvalue weighted by molar-refractivity contribution is -0.0219. The highest BCUT2D eigenvalue weighted by atomic mass is 31.2. The van der Waals surface area contributed by atoms with Crippen molar-refractivity contribution in [2.24, 2.45) is 7.05 Å². The molecular weight excluding hydrogens is 359 g/mol. The van der Waals surface area contributed by atoms with Crippen LogP contribution in [-0.2, 0) is 20.9 Å². The number of aliphatic hydroxyl groups excluding tert-OH is 2. The second-order valence-electron chi connectivity index (χ2n) is 5.94. The van der Waals surface area contributed by atoms with Crippen molar-refractivity contribution in [3.8, 4) is 0 Å². The van der Waals surface area contributed by atoms with Crippen molar-refractivity contribution >= 4 is 19.3 Å². The summed E-state index contributed by atoms with van der Waals surface area (Å²) in [4.78, 5) is 36.9. The normalized spacial score (nSPS) is 29.4. The molecule has 0 unspecified atom stereocenters. The molecule has 0 aromatic carbocycles. The van der Waals surface area contributed by atoms with Crippen LogP contribution in [0, 0.1) is 0 Å². The Hall–Kier alpha value is -1.53. The van der Waals surface area contributed by atoms with E-state index in [-0.39, 0.29) is 6.67 Å². The third kappa shape index (κ3) is 3.17. The van der Waals surface area contributed by atoms with Gasteiger partial charge in [-0.1, -0.05) is 0 Å². The Bertz CT molecular complexity index is 766. The molecule has 0 bridgehead atoms. The maximum atomic E-state index is 12.0. The van der Waals surface area contributed by atoms with Crippen LogP contribution in [0.1, 0.15) is 0 Å². The van der Waals surface area contributed by atoms with Crippen LogP contribution in [-0.4, -0.2) is 74.4 Å². The minimum Gasteiger partial charge on any atom is -0.394 e. The van der Waals surface area contributed by atoms with E-state index in [0.717, 1.165) is 0 Å². The Balaban J connectivity index is 1.96. The number of anilines is 2. The zero-order valence-electron chi connectivity index (χ0n) is 13.5. The van der Waals surface area contributed by atoms with Crippen LogP contribution in [0.3, 0.4) is 0 Å². The fourth-order valence-corrected chi connectivity index (χ4v) is 3.75. The van der Waals surface area contributed by atoms with Gasteiger partial charge in [-0.25, -0.2) is 4.57 Å². The monoisotopic (exact) mass is 378 g/mol. The molecule has 0 aliphatic carbocycles. The molecule has 3 heterocycles.